The fourth-order valence-electron chi connectivity index (χ4n) is 2.09. The quantitative estimate of drug-likeness (QED) is 0.412. The minimum absolute atomic E-state index is 0.0369. The van der Waals surface area contributed by atoms with Gasteiger partial charge in [-0.15, -0.1) is 0 Å². The highest BCUT2D eigenvalue weighted by Gasteiger charge is 2.14. The summed E-state index contributed by atoms with van der Waals surface area (Å²) in [6, 6.07) is 9.19. The molecule has 1 rings (SSSR count). The number of hydrogen-bond acceptors (Lipinski definition) is 5. The first-order valence-corrected chi connectivity index (χ1v) is 8.67. The number of nitrogens with zero attached hydrogens (tertiary/aromatic N) is 1. The van der Waals surface area contributed by atoms with Crippen LogP contribution in [0, 0.1) is 11.3 Å². The van der Waals surface area contributed by atoms with Crippen LogP contribution in [0.3, 0.4) is 0 Å². The summed E-state index contributed by atoms with van der Waals surface area (Å²) in [7, 11) is 0. The molecule has 0 saturated carbocycles. The summed E-state index contributed by atoms with van der Waals surface area (Å²) in [5, 5.41) is 14.1. The maximum absolute atomic E-state index is 12.0. The van der Waals surface area contributed by atoms with Crippen LogP contribution >= 0.6 is 0 Å². The van der Waals surface area contributed by atoms with Crippen LogP contribution in [0.25, 0.3) is 6.08 Å². The molecule has 0 spiro atoms. The zero-order chi connectivity index (χ0) is 20.4. The first-order chi connectivity index (χ1) is 12.7. The number of amides is 2. The number of hydrogen-bond donors (Lipinski definition) is 2. The Bertz CT molecular complexity index is 743. The highest BCUT2D eigenvalue weighted by Crippen LogP contribution is 2.16. The Morgan fingerprint density at radius 2 is 1.74 bits per heavy atom. The minimum Gasteiger partial charge on any atom is -0.451 e. The van der Waals surface area contributed by atoms with Gasteiger partial charge in [0.25, 0.3) is 5.91 Å². The van der Waals surface area contributed by atoms with Crippen LogP contribution in [0.1, 0.15) is 44.7 Å². The molecule has 0 fully saturated rings. The third kappa shape index (κ3) is 8.19. The smallest absolute Gasteiger partial charge is 0.349 e. The van der Waals surface area contributed by atoms with E-state index >= 15 is 0 Å². The third-order valence-corrected chi connectivity index (χ3v) is 3.48. The number of esters is 1. The minimum atomic E-state index is -0.896. The zero-order valence-electron chi connectivity index (χ0n) is 16.0. The second-order valence-corrected chi connectivity index (χ2v) is 6.57. The van der Waals surface area contributed by atoms with Crippen molar-refractivity contribution in [3.05, 3.63) is 41.0 Å². The Morgan fingerprint density at radius 1 is 1.11 bits per heavy atom. The largest absolute Gasteiger partial charge is 0.451 e. The number of ether oxygens (including phenoxy) is 1. The Kier molecular flexibility index (Phi) is 8.73. The molecule has 0 unspecified atom stereocenters. The first kappa shape index (κ1) is 21.9. The van der Waals surface area contributed by atoms with E-state index in [2.05, 4.69) is 24.5 Å². The molecule has 1 aromatic rings. The van der Waals surface area contributed by atoms with E-state index < -0.39 is 18.5 Å². The fourth-order valence-corrected chi connectivity index (χ4v) is 2.09. The number of benzene rings is 1. The van der Waals surface area contributed by atoms with Gasteiger partial charge in [-0.05, 0) is 37.0 Å². The standard InChI is InChI=1S/C20H25N3O4/c1-13(2)16-7-5-15(6-8-16)9-17(10-21)20(26)27-12-19(25)22-11-18(24)23-14(3)4/h5-9,13-14H,11-12H2,1-4H3,(H,22,25)(H,23,24)/b17-9+. The average molecular weight is 371 g/mol. The van der Waals surface area contributed by atoms with Crippen LogP contribution in [-0.4, -0.2) is 37.0 Å². The second-order valence-electron chi connectivity index (χ2n) is 6.57. The van der Waals surface area contributed by atoms with Crippen LogP contribution < -0.4 is 10.6 Å². The Morgan fingerprint density at radius 3 is 2.26 bits per heavy atom. The van der Waals surface area contributed by atoms with Gasteiger partial charge in [0.15, 0.2) is 6.61 Å². The molecule has 0 radical (unpaired) electrons. The summed E-state index contributed by atoms with van der Waals surface area (Å²) < 4.78 is 4.83. The van der Waals surface area contributed by atoms with E-state index in [1.54, 1.807) is 32.0 Å². The van der Waals surface area contributed by atoms with Crippen molar-refractivity contribution in [3.8, 4) is 6.07 Å². The summed E-state index contributed by atoms with van der Waals surface area (Å²) in [6.07, 6.45) is 1.40. The number of carbonyl (C=O) groups is 3. The SMILES string of the molecule is CC(C)NC(=O)CNC(=O)COC(=O)/C(C#N)=C/c1ccc(C(C)C)cc1. The Labute approximate surface area is 159 Å². The van der Waals surface area contributed by atoms with Crippen LogP contribution in [0.2, 0.25) is 0 Å². The van der Waals surface area contributed by atoms with E-state index in [9.17, 15) is 14.4 Å². The molecule has 1 aromatic carbocycles. The fraction of sp³-hybridized carbons (Fsp3) is 0.400. The molecule has 0 heterocycles. The van der Waals surface area contributed by atoms with Crippen LogP contribution in [0.4, 0.5) is 0 Å². The lowest BCUT2D eigenvalue weighted by molar-refractivity contribution is -0.144. The van der Waals surface area contributed by atoms with E-state index in [1.165, 1.54) is 6.08 Å². The van der Waals surface area contributed by atoms with Crippen molar-refractivity contribution in [3.63, 3.8) is 0 Å². The maximum Gasteiger partial charge on any atom is 0.349 e. The predicted octanol–water partition coefficient (Wildman–Crippen LogP) is 1.90. The monoisotopic (exact) mass is 371 g/mol. The van der Waals surface area contributed by atoms with Crippen LogP contribution in [0.5, 0.6) is 0 Å². The molecule has 0 aromatic heterocycles. The lowest BCUT2D eigenvalue weighted by atomic mass is 10.0. The van der Waals surface area contributed by atoms with Crippen molar-refractivity contribution in [2.75, 3.05) is 13.2 Å². The van der Waals surface area contributed by atoms with Gasteiger partial charge in [-0.3, -0.25) is 9.59 Å². The Hall–Kier alpha value is -3.14. The topological polar surface area (TPSA) is 108 Å². The van der Waals surface area contributed by atoms with Crippen molar-refractivity contribution in [1.29, 1.82) is 5.26 Å². The van der Waals surface area contributed by atoms with Gasteiger partial charge in [0.05, 0.1) is 6.54 Å². The van der Waals surface area contributed by atoms with Gasteiger partial charge in [-0.2, -0.15) is 5.26 Å². The molecule has 2 N–H and O–H groups in total. The molecule has 7 heteroatoms. The van der Waals surface area contributed by atoms with E-state index in [4.69, 9.17) is 10.00 Å². The van der Waals surface area contributed by atoms with Crippen molar-refractivity contribution >= 4 is 23.9 Å². The highest BCUT2D eigenvalue weighted by atomic mass is 16.5. The van der Waals surface area contributed by atoms with E-state index in [-0.39, 0.29) is 24.1 Å². The van der Waals surface area contributed by atoms with Gasteiger partial charge in [0, 0.05) is 6.04 Å². The van der Waals surface area contributed by atoms with Gasteiger partial charge in [-0.1, -0.05) is 38.1 Å². The highest BCUT2D eigenvalue weighted by molar-refractivity contribution is 5.99. The molecular formula is C20H25N3O4. The summed E-state index contributed by atoms with van der Waals surface area (Å²) in [6.45, 7) is 6.96. The molecule has 2 amide bonds. The molecule has 0 aliphatic rings. The summed E-state index contributed by atoms with van der Waals surface area (Å²) in [4.78, 5) is 35.0. The molecule has 0 bridgehead atoms. The van der Waals surface area contributed by atoms with Gasteiger partial charge in [-0.25, -0.2) is 4.79 Å². The summed E-state index contributed by atoms with van der Waals surface area (Å²) in [5.74, 6) is -1.48. The van der Waals surface area contributed by atoms with Gasteiger partial charge >= 0.3 is 5.97 Å². The zero-order valence-corrected chi connectivity index (χ0v) is 16.0. The van der Waals surface area contributed by atoms with Crippen molar-refractivity contribution in [2.24, 2.45) is 0 Å². The maximum atomic E-state index is 12.0. The number of carbonyl (C=O) groups excluding carboxylic acids is 3. The molecule has 0 aliphatic heterocycles. The summed E-state index contributed by atoms with van der Waals surface area (Å²) >= 11 is 0. The lowest BCUT2D eigenvalue weighted by Gasteiger charge is -2.09. The molecule has 0 aliphatic carbocycles. The normalized spacial score (nSPS) is 11.1. The van der Waals surface area contributed by atoms with Gasteiger partial charge < -0.3 is 15.4 Å². The van der Waals surface area contributed by atoms with Crippen molar-refractivity contribution < 1.29 is 19.1 Å². The Balaban J connectivity index is 2.57. The molecule has 7 nitrogen and oxygen atoms in total. The second kappa shape index (κ2) is 10.8. The number of nitriles is 1. The molecule has 0 atom stereocenters. The average Bonchev–Trinajstić information content (AvgIpc) is 2.62. The van der Waals surface area contributed by atoms with Gasteiger partial charge in [0.2, 0.25) is 5.91 Å². The third-order valence-electron chi connectivity index (χ3n) is 3.48. The number of rotatable bonds is 8. The molecular weight excluding hydrogens is 346 g/mol. The molecule has 144 valence electrons. The van der Waals surface area contributed by atoms with Crippen LogP contribution in [0.15, 0.2) is 29.8 Å². The van der Waals surface area contributed by atoms with E-state index in [0.29, 0.717) is 11.5 Å². The first-order valence-electron chi connectivity index (χ1n) is 8.67. The van der Waals surface area contributed by atoms with Gasteiger partial charge in [0.1, 0.15) is 11.6 Å². The van der Waals surface area contributed by atoms with E-state index in [0.717, 1.165) is 5.56 Å². The molecule has 27 heavy (non-hydrogen) atoms. The lowest BCUT2D eigenvalue weighted by Crippen LogP contribution is -2.41. The van der Waals surface area contributed by atoms with Crippen LogP contribution in [-0.2, 0) is 19.1 Å². The molecule has 0 saturated heterocycles. The van der Waals surface area contributed by atoms with E-state index in [1.807, 2.05) is 12.1 Å². The predicted molar refractivity (Wildman–Crippen MR) is 101 cm³/mol. The number of nitrogens with one attached hydrogen (secondary N) is 2. The van der Waals surface area contributed by atoms with Crippen molar-refractivity contribution in [1.82, 2.24) is 10.6 Å². The summed E-state index contributed by atoms with van der Waals surface area (Å²) in [5.41, 5.74) is 1.62. The van der Waals surface area contributed by atoms with Crippen molar-refractivity contribution in [2.45, 2.75) is 39.7 Å².